The van der Waals surface area contributed by atoms with E-state index in [2.05, 4.69) is 4.99 Å². The Hall–Kier alpha value is -0.640. The highest BCUT2D eigenvalue weighted by molar-refractivity contribution is 6.36. The molecule has 0 saturated heterocycles. The molecule has 1 rings (SSSR count). The van der Waals surface area contributed by atoms with Gasteiger partial charge in [-0.3, -0.25) is 0 Å². The number of amidine groups is 1. The lowest BCUT2D eigenvalue weighted by molar-refractivity contribution is 0.415. The van der Waals surface area contributed by atoms with Gasteiger partial charge in [0.15, 0.2) is 0 Å². The fraction of sp³-hybridized carbons (Fsp3) is 0.222. The highest BCUT2D eigenvalue weighted by atomic mass is 35.5. The van der Waals surface area contributed by atoms with E-state index < -0.39 is 0 Å². The second-order valence-electron chi connectivity index (χ2n) is 2.67. The molecule has 0 heterocycles. The third-order valence-electron chi connectivity index (χ3n) is 1.62. The van der Waals surface area contributed by atoms with Crippen molar-refractivity contribution in [1.29, 1.82) is 0 Å². The van der Waals surface area contributed by atoms with Crippen molar-refractivity contribution < 1.29 is 4.74 Å². The first-order valence-corrected chi connectivity index (χ1v) is 5.29. The van der Waals surface area contributed by atoms with Gasteiger partial charge in [0.1, 0.15) is 11.6 Å². The Morgan fingerprint density at radius 2 is 2.07 bits per heavy atom. The van der Waals surface area contributed by atoms with Gasteiger partial charge in [0.2, 0.25) is 0 Å². The van der Waals surface area contributed by atoms with Crippen molar-refractivity contribution in [2.24, 2.45) is 10.7 Å². The van der Waals surface area contributed by atoms with Crippen molar-refractivity contribution in [2.45, 2.75) is 0 Å². The van der Waals surface area contributed by atoms with Crippen LogP contribution in [-0.4, -0.2) is 18.8 Å². The average Bonchev–Trinajstić information content (AvgIpc) is 2.22. The Labute approximate surface area is 103 Å². The third kappa shape index (κ3) is 3.16. The summed E-state index contributed by atoms with van der Waals surface area (Å²) in [6, 6.07) is 3.15. The van der Waals surface area contributed by atoms with E-state index in [-0.39, 0.29) is 11.7 Å². The molecule has 0 radical (unpaired) electrons. The Kier molecular flexibility index (Phi) is 4.51. The molecule has 0 fully saturated rings. The molecule has 0 bridgehead atoms. The Morgan fingerprint density at radius 3 is 2.60 bits per heavy atom. The van der Waals surface area contributed by atoms with Crippen LogP contribution in [-0.2, 0) is 0 Å². The molecule has 15 heavy (non-hydrogen) atoms. The van der Waals surface area contributed by atoms with E-state index in [1.807, 2.05) is 0 Å². The molecule has 0 saturated carbocycles. The van der Waals surface area contributed by atoms with Crippen LogP contribution in [0.5, 0.6) is 5.75 Å². The maximum atomic E-state index is 5.94. The van der Waals surface area contributed by atoms with Crippen LogP contribution in [0.1, 0.15) is 0 Å². The van der Waals surface area contributed by atoms with Crippen LogP contribution in [0.25, 0.3) is 0 Å². The highest BCUT2D eigenvalue weighted by Crippen LogP contribution is 2.35. The van der Waals surface area contributed by atoms with Crippen LogP contribution in [0.3, 0.4) is 0 Å². The Balaban J connectivity index is 3.16. The summed E-state index contributed by atoms with van der Waals surface area (Å²) in [4.78, 5) is 4.00. The van der Waals surface area contributed by atoms with Crippen molar-refractivity contribution in [1.82, 2.24) is 0 Å². The number of hydrogen-bond acceptors (Lipinski definition) is 2. The first-order valence-electron chi connectivity index (χ1n) is 4.00. The summed E-state index contributed by atoms with van der Waals surface area (Å²) in [5.41, 5.74) is 5.95. The summed E-state index contributed by atoms with van der Waals surface area (Å²) in [5.74, 6) is 0.907. The van der Waals surface area contributed by atoms with Gasteiger partial charge in [0.25, 0.3) is 0 Å². The SMILES string of the molecule is COc1cc(Cl)c(N=C(N)CCl)cc1Cl. The number of methoxy groups -OCH3 is 1. The molecule has 0 atom stereocenters. The van der Waals surface area contributed by atoms with E-state index in [0.717, 1.165) is 0 Å². The average molecular weight is 268 g/mol. The molecule has 82 valence electrons. The van der Waals surface area contributed by atoms with Gasteiger partial charge in [-0.2, -0.15) is 0 Å². The minimum atomic E-state index is 0.139. The molecular weight excluding hydrogens is 258 g/mol. The maximum Gasteiger partial charge on any atom is 0.139 e. The molecule has 0 unspecified atom stereocenters. The van der Waals surface area contributed by atoms with Crippen LogP contribution in [0.4, 0.5) is 5.69 Å². The van der Waals surface area contributed by atoms with Crippen molar-refractivity contribution in [2.75, 3.05) is 13.0 Å². The van der Waals surface area contributed by atoms with Gasteiger partial charge in [-0.25, -0.2) is 4.99 Å². The predicted molar refractivity (Wildman–Crippen MR) is 65.0 cm³/mol. The van der Waals surface area contributed by atoms with E-state index in [0.29, 0.717) is 21.5 Å². The molecule has 0 aliphatic heterocycles. The number of aliphatic imine (C=N–C) groups is 1. The van der Waals surface area contributed by atoms with E-state index in [1.165, 1.54) is 7.11 Å². The van der Waals surface area contributed by atoms with Crippen molar-refractivity contribution in [3.05, 3.63) is 22.2 Å². The molecule has 0 amide bonds. The molecule has 0 spiro atoms. The number of benzene rings is 1. The molecule has 1 aromatic rings. The monoisotopic (exact) mass is 266 g/mol. The summed E-state index contributed by atoms with van der Waals surface area (Å²) in [6.45, 7) is 0. The van der Waals surface area contributed by atoms with Crippen LogP contribution in [0.15, 0.2) is 17.1 Å². The van der Waals surface area contributed by atoms with E-state index in [1.54, 1.807) is 12.1 Å². The molecule has 1 aromatic carbocycles. The minimum absolute atomic E-state index is 0.139. The molecule has 0 aromatic heterocycles. The van der Waals surface area contributed by atoms with Crippen LogP contribution in [0.2, 0.25) is 10.0 Å². The number of alkyl halides is 1. The number of hydrogen-bond donors (Lipinski definition) is 1. The van der Waals surface area contributed by atoms with Gasteiger partial charge in [-0.1, -0.05) is 23.2 Å². The van der Waals surface area contributed by atoms with Gasteiger partial charge >= 0.3 is 0 Å². The van der Waals surface area contributed by atoms with Crippen molar-refractivity contribution in [3.8, 4) is 5.75 Å². The number of nitrogens with two attached hydrogens (primary N) is 1. The molecule has 6 heteroatoms. The summed E-state index contributed by atoms with van der Waals surface area (Å²) >= 11 is 17.3. The lowest BCUT2D eigenvalue weighted by atomic mass is 10.3. The minimum Gasteiger partial charge on any atom is -0.495 e. The fourth-order valence-electron chi connectivity index (χ4n) is 0.945. The first-order chi connectivity index (χ1) is 7.08. The lowest BCUT2D eigenvalue weighted by Crippen LogP contribution is -2.12. The molecule has 0 aliphatic carbocycles. The Bertz CT molecular complexity index is 393. The smallest absolute Gasteiger partial charge is 0.139 e. The topological polar surface area (TPSA) is 47.6 Å². The van der Waals surface area contributed by atoms with Crippen LogP contribution >= 0.6 is 34.8 Å². The highest BCUT2D eigenvalue weighted by Gasteiger charge is 2.07. The van der Waals surface area contributed by atoms with E-state index >= 15 is 0 Å². The predicted octanol–water partition coefficient (Wildman–Crippen LogP) is 3.23. The molecular formula is C9H9Cl3N2O. The third-order valence-corrected chi connectivity index (χ3v) is 2.49. The summed E-state index contributed by atoms with van der Waals surface area (Å²) in [7, 11) is 1.51. The number of halogens is 3. The van der Waals surface area contributed by atoms with Gasteiger partial charge in [-0.05, 0) is 6.07 Å². The number of rotatable bonds is 3. The molecule has 3 nitrogen and oxygen atoms in total. The zero-order chi connectivity index (χ0) is 11.4. The lowest BCUT2D eigenvalue weighted by Gasteiger charge is -2.06. The van der Waals surface area contributed by atoms with Gasteiger partial charge in [-0.15, -0.1) is 11.6 Å². The second-order valence-corrected chi connectivity index (χ2v) is 3.76. The molecule has 0 aliphatic rings. The van der Waals surface area contributed by atoms with Gasteiger partial charge < -0.3 is 10.5 Å². The van der Waals surface area contributed by atoms with Crippen molar-refractivity contribution >= 4 is 46.3 Å². The number of ether oxygens (including phenoxy) is 1. The van der Waals surface area contributed by atoms with Crippen LogP contribution in [0, 0.1) is 0 Å². The largest absolute Gasteiger partial charge is 0.495 e. The zero-order valence-electron chi connectivity index (χ0n) is 7.93. The maximum absolute atomic E-state index is 5.94. The second kappa shape index (κ2) is 5.45. The van der Waals surface area contributed by atoms with E-state index in [9.17, 15) is 0 Å². The standard InChI is InChI=1S/C9H9Cl3N2O/c1-15-8-3-5(11)7(2-6(8)12)14-9(13)4-10/h2-3H,4H2,1H3,(H2,13,14). The first kappa shape index (κ1) is 12.4. The van der Waals surface area contributed by atoms with Crippen molar-refractivity contribution in [3.63, 3.8) is 0 Å². The molecule has 2 N–H and O–H groups in total. The van der Waals surface area contributed by atoms with E-state index in [4.69, 9.17) is 45.3 Å². The Morgan fingerprint density at radius 1 is 1.40 bits per heavy atom. The van der Waals surface area contributed by atoms with Gasteiger partial charge in [0.05, 0.1) is 28.7 Å². The van der Waals surface area contributed by atoms with Crippen LogP contribution < -0.4 is 10.5 Å². The summed E-state index contributed by atoms with van der Waals surface area (Å²) in [5, 5.41) is 0.826. The summed E-state index contributed by atoms with van der Waals surface area (Å²) in [6.07, 6.45) is 0. The fourth-order valence-corrected chi connectivity index (χ4v) is 1.44. The summed E-state index contributed by atoms with van der Waals surface area (Å²) < 4.78 is 4.99. The normalized spacial score (nSPS) is 11.6. The number of nitrogens with zero attached hydrogens (tertiary/aromatic N) is 1. The quantitative estimate of drug-likeness (QED) is 0.519. The van der Waals surface area contributed by atoms with Gasteiger partial charge in [0, 0.05) is 6.07 Å². The zero-order valence-corrected chi connectivity index (χ0v) is 10.2.